The molecule has 0 atom stereocenters. The van der Waals surface area contributed by atoms with Gasteiger partial charge in [-0.2, -0.15) is 0 Å². The Labute approximate surface area is 283 Å². The van der Waals surface area contributed by atoms with Crippen molar-refractivity contribution in [3.05, 3.63) is 157 Å². The summed E-state index contributed by atoms with van der Waals surface area (Å²) in [5.41, 5.74) is 6.68. The fourth-order valence-corrected chi connectivity index (χ4v) is 7.05. The molecule has 0 spiro atoms. The number of ether oxygens (including phenoxy) is 1. The lowest BCUT2D eigenvalue weighted by Crippen LogP contribution is -2.29. The van der Waals surface area contributed by atoms with E-state index >= 15 is 4.39 Å². The Morgan fingerprint density at radius 3 is 1.71 bits per heavy atom. The van der Waals surface area contributed by atoms with Crippen LogP contribution in [-0.4, -0.2) is 15.0 Å². The molecule has 5 heteroatoms. The lowest BCUT2D eigenvalue weighted by atomic mass is 9.85. The van der Waals surface area contributed by atoms with Gasteiger partial charge >= 0.3 is 0 Å². The maximum absolute atomic E-state index is 15.6. The number of rotatable bonds is 4. The molecule has 0 aliphatic carbocycles. The van der Waals surface area contributed by atoms with E-state index in [0.29, 0.717) is 28.6 Å². The van der Waals surface area contributed by atoms with E-state index in [9.17, 15) is 0 Å². The fourth-order valence-electron chi connectivity index (χ4n) is 7.05. The number of benzene rings is 7. The average molecular weight is 636 g/mol. The van der Waals surface area contributed by atoms with Crippen LogP contribution in [0.15, 0.2) is 146 Å². The molecular formula is C44H30FN3O. The van der Waals surface area contributed by atoms with Crippen molar-refractivity contribution in [2.75, 3.05) is 0 Å². The molecule has 0 unspecified atom stereocenters. The van der Waals surface area contributed by atoms with Crippen molar-refractivity contribution in [2.45, 2.75) is 19.4 Å². The number of nitrogens with zero attached hydrogens (tertiary/aromatic N) is 3. The Balaban J connectivity index is 1.22. The van der Waals surface area contributed by atoms with E-state index in [1.54, 1.807) is 6.07 Å². The number of halogens is 1. The van der Waals surface area contributed by atoms with Crippen molar-refractivity contribution >= 4 is 21.5 Å². The van der Waals surface area contributed by atoms with Crippen molar-refractivity contribution in [1.29, 1.82) is 0 Å². The third kappa shape index (κ3) is 5.02. The average Bonchev–Trinajstić information content (AvgIpc) is 3.13. The number of hydrogen-bond acceptors (Lipinski definition) is 4. The standard InChI is InChI=1S/C44H30FN3O/c1-44(2)39-20-8-7-17-35(39)36-22-21-29(26-40(36)49-44)30-23-31(25-32(45)24-30)41-46-42(37-18-9-13-27-11-3-5-15-33(27)37)48-43(47-41)38-19-10-14-28-12-4-6-16-34(28)38/h3-26H,1-2H3. The molecule has 0 amide bonds. The first kappa shape index (κ1) is 29.0. The molecular weight excluding hydrogens is 606 g/mol. The first-order chi connectivity index (χ1) is 23.9. The Morgan fingerprint density at radius 1 is 0.469 bits per heavy atom. The maximum atomic E-state index is 15.6. The van der Waals surface area contributed by atoms with Crippen LogP contribution in [0, 0.1) is 5.82 Å². The Hall–Kier alpha value is -6.20. The molecule has 0 saturated heterocycles. The molecule has 0 N–H and O–H groups in total. The molecule has 0 fully saturated rings. The van der Waals surface area contributed by atoms with Crippen LogP contribution in [0.5, 0.6) is 5.75 Å². The van der Waals surface area contributed by atoms with Gasteiger partial charge in [0.25, 0.3) is 0 Å². The lowest BCUT2D eigenvalue weighted by Gasteiger charge is -2.35. The van der Waals surface area contributed by atoms with Crippen molar-refractivity contribution in [2.24, 2.45) is 0 Å². The molecule has 1 aliphatic heterocycles. The smallest absolute Gasteiger partial charge is 0.164 e. The summed E-state index contributed by atoms with van der Waals surface area (Å²) in [6.45, 7) is 4.15. The van der Waals surface area contributed by atoms with E-state index < -0.39 is 5.60 Å². The highest BCUT2D eigenvalue weighted by Crippen LogP contribution is 2.46. The minimum atomic E-state index is -0.504. The van der Waals surface area contributed by atoms with E-state index in [0.717, 1.165) is 60.7 Å². The van der Waals surface area contributed by atoms with Gasteiger partial charge in [-0.15, -0.1) is 0 Å². The quantitative estimate of drug-likeness (QED) is 0.193. The fraction of sp³-hybridized carbons (Fsp3) is 0.0682. The second-order valence-corrected chi connectivity index (χ2v) is 13.0. The van der Waals surface area contributed by atoms with Gasteiger partial charge in [0.2, 0.25) is 0 Å². The van der Waals surface area contributed by atoms with Crippen LogP contribution in [0.4, 0.5) is 4.39 Å². The molecule has 0 saturated carbocycles. The van der Waals surface area contributed by atoms with Crippen molar-refractivity contribution in [1.82, 2.24) is 15.0 Å². The van der Waals surface area contributed by atoms with E-state index in [4.69, 9.17) is 19.7 Å². The van der Waals surface area contributed by atoms with E-state index in [1.165, 1.54) is 6.07 Å². The van der Waals surface area contributed by atoms with Crippen LogP contribution < -0.4 is 4.74 Å². The molecule has 234 valence electrons. The summed E-state index contributed by atoms with van der Waals surface area (Å²) in [5.74, 6) is 1.84. The van der Waals surface area contributed by atoms with E-state index in [1.807, 2.05) is 78.9 Å². The summed E-state index contributed by atoms with van der Waals surface area (Å²) in [7, 11) is 0. The highest BCUT2D eigenvalue weighted by molar-refractivity contribution is 5.97. The van der Waals surface area contributed by atoms with E-state index in [-0.39, 0.29) is 5.82 Å². The Bertz CT molecular complexity index is 2480. The largest absolute Gasteiger partial charge is 0.482 e. The minimum absolute atomic E-state index is 0.379. The lowest BCUT2D eigenvalue weighted by molar-refractivity contribution is 0.106. The van der Waals surface area contributed by atoms with Crippen molar-refractivity contribution < 1.29 is 9.13 Å². The van der Waals surface area contributed by atoms with Gasteiger partial charge in [-0.1, -0.05) is 121 Å². The SMILES string of the molecule is CC1(C)Oc2cc(-c3cc(F)cc(-c4nc(-c5cccc6ccccc56)nc(-c5cccc6ccccc56)n4)c3)ccc2-c2ccccc21. The minimum Gasteiger partial charge on any atom is -0.482 e. The third-order valence-corrected chi connectivity index (χ3v) is 9.40. The van der Waals surface area contributed by atoms with Crippen LogP contribution in [0.1, 0.15) is 19.4 Å². The van der Waals surface area contributed by atoms with Gasteiger partial charge in [0.05, 0.1) is 0 Å². The third-order valence-electron chi connectivity index (χ3n) is 9.40. The summed E-state index contributed by atoms with van der Waals surface area (Å²) in [6.07, 6.45) is 0. The summed E-state index contributed by atoms with van der Waals surface area (Å²) >= 11 is 0. The first-order valence-electron chi connectivity index (χ1n) is 16.4. The number of fused-ring (bicyclic) bond motifs is 5. The zero-order valence-corrected chi connectivity index (χ0v) is 27.0. The van der Waals surface area contributed by atoms with Gasteiger partial charge in [0.15, 0.2) is 17.5 Å². The van der Waals surface area contributed by atoms with Crippen LogP contribution in [0.3, 0.4) is 0 Å². The van der Waals surface area contributed by atoms with Crippen molar-refractivity contribution in [3.8, 4) is 62.2 Å². The van der Waals surface area contributed by atoms with Crippen LogP contribution in [0.25, 0.3) is 78.0 Å². The summed E-state index contributed by atoms with van der Waals surface area (Å²) in [4.78, 5) is 15.1. The summed E-state index contributed by atoms with van der Waals surface area (Å²) in [5, 5.41) is 4.23. The molecule has 7 aromatic carbocycles. The van der Waals surface area contributed by atoms with Crippen molar-refractivity contribution in [3.63, 3.8) is 0 Å². The van der Waals surface area contributed by atoms with Crippen LogP contribution in [0.2, 0.25) is 0 Å². The topological polar surface area (TPSA) is 47.9 Å². The summed E-state index contributed by atoms with van der Waals surface area (Å²) in [6, 6.07) is 48.0. The molecule has 9 rings (SSSR count). The predicted octanol–water partition coefficient (Wildman–Crippen LogP) is 11.3. The zero-order valence-electron chi connectivity index (χ0n) is 27.0. The van der Waals surface area contributed by atoms with Gasteiger partial charge in [-0.25, -0.2) is 19.3 Å². The molecule has 1 aromatic heterocycles. The maximum Gasteiger partial charge on any atom is 0.164 e. The highest BCUT2D eigenvalue weighted by atomic mass is 19.1. The van der Waals surface area contributed by atoms with Crippen LogP contribution >= 0.6 is 0 Å². The molecule has 2 heterocycles. The van der Waals surface area contributed by atoms with E-state index in [2.05, 4.69) is 68.4 Å². The molecule has 4 nitrogen and oxygen atoms in total. The van der Waals surface area contributed by atoms with Gasteiger partial charge in [0.1, 0.15) is 17.2 Å². The van der Waals surface area contributed by atoms with Crippen LogP contribution in [-0.2, 0) is 5.60 Å². The Kier molecular flexibility index (Phi) is 6.63. The van der Waals surface area contributed by atoms with Gasteiger partial charge < -0.3 is 4.74 Å². The molecule has 49 heavy (non-hydrogen) atoms. The monoisotopic (exact) mass is 635 g/mol. The molecule has 0 radical (unpaired) electrons. The number of hydrogen-bond donors (Lipinski definition) is 0. The normalized spacial score (nSPS) is 13.1. The Morgan fingerprint density at radius 2 is 1.02 bits per heavy atom. The summed E-state index contributed by atoms with van der Waals surface area (Å²) < 4.78 is 22.1. The molecule has 1 aliphatic rings. The number of aromatic nitrogens is 3. The van der Waals surface area contributed by atoms with Gasteiger partial charge in [-0.3, -0.25) is 0 Å². The zero-order chi connectivity index (χ0) is 33.1. The second-order valence-electron chi connectivity index (χ2n) is 13.0. The first-order valence-corrected chi connectivity index (χ1v) is 16.4. The molecule has 0 bridgehead atoms. The molecule has 8 aromatic rings. The second kappa shape index (κ2) is 11.2. The predicted molar refractivity (Wildman–Crippen MR) is 196 cm³/mol. The highest BCUT2D eigenvalue weighted by Gasteiger charge is 2.32. The van der Waals surface area contributed by atoms with Gasteiger partial charge in [-0.05, 0) is 76.3 Å². The van der Waals surface area contributed by atoms with Gasteiger partial charge in [0, 0.05) is 27.8 Å².